The van der Waals surface area contributed by atoms with Gasteiger partial charge >= 0.3 is 0 Å². The van der Waals surface area contributed by atoms with E-state index in [-0.39, 0.29) is 36.3 Å². The second-order valence-electron chi connectivity index (χ2n) is 3.30. The van der Waals surface area contributed by atoms with Crippen molar-refractivity contribution in [2.24, 2.45) is 10.7 Å². The molecule has 90 valence electrons. The SMILES string of the molecule is CN(C)C(N)=NCc1ccc(Cl)cc1F.I. The first-order chi connectivity index (χ1) is 7.00. The van der Waals surface area contributed by atoms with Gasteiger partial charge in [0, 0.05) is 24.7 Å². The molecule has 3 nitrogen and oxygen atoms in total. The van der Waals surface area contributed by atoms with Gasteiger partial charge in [-0.15, -0.1) is 24.0 Å². The summed E-state index contributed by atoms with van der Waals surface area (Å²) in [5.74, 6) is 0.00200. The Morgan fingerprint density at radius 3 is 2.62 bits per heavy atom. The molecule has 1 aromatic rings. The standard InChI is InChI=1S/C10H13ClFN3.HI/c1-15(2)10(13)14-6-7-3-4-8(11)5-9(7)12;/h3-5H,6H2,1-2H3,(H2,13,14);1H. The fraction of sp³-hybridized carbons (Fsp3) is 0.300. The average Bonchev–Trinajstić information content (AvgIpc) is 2.15. The highest BCUT2D eigenvalue weighted by atomic mass is 127. The number of rotatable bonds is 2. The summed E-state index contributed by atoms with van der Waals surface area (Å²) in [5, 5.41) is 0.376. The number of aliphatic imine (C=N–C) groups is 1. The Kier molecular flexibility index (Phi) is 6.66. The molecule has 0 spiro atoms. The monoisotopic (exact) mass is 357 g/mol. The largest absolute Gasteiger partial charge is 0.370 e. The van der Waals surface area contributed by atoms with Crippen LogP contribution < -0.4 is 5.73 Å². The summed E-state index contributed by atoms with van der Waals surface area (Å²) in [5.41, 5.74) is 6.05. The van der Waals surface area contributed by atoms with E-state index in [9.17, 15) is 4.39 Å². The Hall–Kier alpha value is -0.560. The molecule has 0 atom stereocenters. The third kappa shape index (κ3) is 4.52. The van der Waals surface area contributed by atoms with Gasteiger partial charge in [-0.25, -0.2) is 9.38 Å². The molecule has 0 fully saturated rings. The van der Waals surface area contributed by atoms with Crippen molar-refractivity contribution in [3.63, 3.8) is 0 Å². The van der Waals surface area contributed by atoms with Crippen LogP contribution in [-0.2, 0) is 6.54 Å². The third-order valence-electron chi connectivity index (χ3n) is 1.88. The Morgan fingerprint density at radius 2 is 2.12 bits per heavy atom. The lowest BCUT2D eigenvalue weighted by molar-refractivity contribution is 0.598. The zero-order valence-electron chi connectivity index (χ0n) is 9.08. The predicted octanol–water partition coefficient (Wildman–Crippen LogP) is 2.47. The van der Waals surface area contributed by atoms with Gasteiger partial charge in [0.2, 0.25) is 0 Å². The van der Waals surface area contributed by atoms with E-state index in [2.05, 4.69) is 4.99 Å². The summed E-state index contributed by atoms with van der Waals surface area (Å²) in [6.07, 6.45) is 0. The van der Waals surface area contributed by atoms with Gasteiger partial charge in [0.1, 0.15) is 5.82 Å². The van der Waals surface area contributed by atoms with E-state index < -0.39 is 0 Å². The first-order valence-electron chi connectivity index (χ1n) is 4.42. The van der Waals surface area contributed by atoms with Gasteiger partial charge in [0.05, 0.1) is 6.54 Å². The number of hydrogen-bond acceptors (Lipinski definition) is 1. The molecule has 0 saturated carbocycles. The van der Waals surface area contributed by atoms with Crippen LogP contribution in [0.2, 0.25) is 5.02 Å². The van der Waals surface area contributed by atoms with Crippen molar-refractivity contribution in [3.05, 3.63) is 34.6 Å². The maximum Gasteiger partial charge on any atom is 0.191 e. The fourth-order valence-corrected chi connectivity index (χ4v) is 1.12. The maximum atomic E-state index is 13.3. The van der Waals surface area contributed by atoms with E-state index in [1.165, 1.54) is 6.07 Å². The molecular weight excluding hydrogens is 343 g/mol. The molecule has 2 N–H and O–H groups in total. The van der Waals surface area contributed by atoms with Crippen LogP contribution in [0.15, 0.2) is 23.2 Å². The molecule has 0 amide bonds. The zero-order chi connectivity index (χ0) is 11.4. The van der Waals surface area contributed by atoms with Gasteiger partial charge < -0.3 is 10.6 Å². The van der Waals surface area contributed by atoms with Crippen LogP contribution in [0, 0.1) is 5.82 Å². The van der Waals surface area contributed by atoms with Crippen molar-refractivity contribution < 1.29 is 4.39 Å². The van der Waals surface area contributed by atoms with E-state index in [4.69, 9.17) is 17.3 Å². The van der Waals surface area contributed by atoms with Crippen molar-refractivity contribution in [1.29, 1.82) is 0 Å². The van der Waals surface area contributed by atoms with Crippen LogP contribution in [0.5, 0.6) is 0 Å². The lowest BCUT2D eigenvalue weighted by Crippen LogP contribution is -2.30. The topological polar surface area (TPSA) is 41.6 Å². The highest BCUT2D eigenvalue weighted by Gasteiger charge is 2.02. The molecule has 0 unspecified atom stereocenters. The molecule has 16 heavy (non-hydrogen) atoms. The van der Waals surface area contributed by atoms with E-state index in [1.54, 1.807) is 31.1 Å². The summed E-state index contributed by atoms with van der Waals surface area (Å²) in [7, 11) is 3.55. The van der Waals surface area contributed by atoms with Crippen molar-refractivity contribution >= 4 is 41.5 Å². The van der Waals surface area contributed by atoms with Gasteiger partial charge in [0.25, 0.3) is 0 Å². The first-order valence-corrected chi connectivity index (χ1v) is 4.79. The van der Waals surface area contributed by atoms with Crippen molar-refractivity contribution in [2.45, 2.75) is 6.54 Å². The molecule has 0 aliphatic heterocycles. The Labute approximate surface area is 116 Å². The molecule has 1 rings (SSSR count). The number of guanidine groups is 1. The van der Waals surface area contributed by atoms with E-state index in [0.717, 1.165) is 0 Å². The van der Waals surface area contributed by atoms with Gasteiger partial charge in [-0.05, 0) is 12.1 Å². The Balaban J connectivity index is 0.00000225. The van der Waals surface area contributed by atoms with Crippen molar-refractivity contribution in [3.8, 4) is 0 Å². The summed E-state index contributed by atoms with van der Waals surface area (Å²) in [6.45, 7) is 0.215. The molecule has 6 heteroatoms. The minimum Gasteiger partial charge on any atom is -0.370 e. The summed E-state index contributed by atoms with van der Waals surface area (Å²) >= 11 is 5.62. The summed E-state index contributed by atoms with van der Waals surface area (Å²) in [4.78, 5) is 5.68. The van der Waals surface area contributed by atoms with E-state index >= 15 is 0 Å². The van der Waals surface area contributed by atoms with Crippen LogP contribution >= 0.6 is 35.6 Å². The smallest absolute Gasteiger partial charge is 0.191 e. The van der Waals surface area contributed by atoms with Gasteiger partial charge in [-0.1, -0.05) is 17.7 Å². The predicted molar refractivity (Wildman–Crippen MR) is 75.8 cm³/mol. The van der Waals surface area contributed by atoms with Gasteiger partial charge in [-0.3, -0.25) is 0 Å². The zero-order valence-corrected chi connectivity index (χ0v) is 12.2. The van der Waals surface area contributed by atoms with Crippen LogP contribution in [0.3, 0.4) is 0 Å². The van der Waals surface area contributed by atoms with Gasteiger partial charge in [-0.2, -0.15) is 0 Å². The Morgan fingerprint density at radius 1 is 1.50 bits per heavy atom. The molecule has 1 aromatic carbocycles. The van der Waals surface area contributed by atoms with Crippen LogP contribution in [0.1, 0.15) is 5.56 Å². The lowest BCUT2D eigenvalue weighted by atomic mass is 10.2. The molecule has 0 aliphatic rings. The average molecular weight is 358 g/mol. The second kappa shape index (κ2) is 6.90. The van der Waals surface area contributed by atoms with Crippen LogP contribution in [0.4, 0.5) is 4.39 Å². The van der Waals surface area contributed by atoms with E-state index in [0.29, 0.717) is 16.5 Å². The molecule has 0 saturated heterocycles. The Bertz CT molecular complexity index is 382. The van der Waals surface area contributed by atoms with Gasteiger partial charge in [0.15, 0.2) is 5.96 Å². The minimum atomic E-state index is -0.363. The number of benzene rings is 1. The molecule has 0 bridgehead atoms. The second-order valence-corrected chi connectivity index (χ2v) is 3.74. The summed E-state index contributed by atoms with van der Waals surface area (Å²) in [6, 6.07) is 4.49. The number of hydrogen-bond donors (Lipinski definition) is 1. The highest BCUT2D eigenvalue weighted by Crippen LogP contribution is 2.15. The molecule has 0 aliphatic carbocycles. The fourth-order valence-electron chi connectivity index (χ4n) is 0.958. The number of nitrogens with two attached hydrogens (primary N) is 1. The number of nitrogens with zero attached hydrogens (tertiary/aromatic N) is 2. The lowest BCUT2D eigenvalue weighted by Gasteiger charge is -2.10. The quantitative estimate of drug-likeness (QED) is 0.502. The molecular formula is C10H14ClFIN3. The van der Waals surface area contributed by atoms with Crippen LogP contribution in [-0.4, -0.2) is 25.0 Å². The maximum absolute atomic E-state index is 13.3. The van der Waals surface area contributed by atoms with Crippen LogP contribution in [0.25, 0.3) is 0 Å². The normalized spacial score (nSPS) is 10.9. The van der Waals surface area contributed by atoms with Crippen molar-refractivity contribution in [2.75, 3.05) is 14.1 Å². The summed E-state index contributed by atoms with van der Waals surface area (Å²) < 4.78 is 13.3. The highest BCUT2D eigenvalue weighted by molar-refractivity contribution is 14.0. The minimum absolute atomic E-state index is 0. The molecule has 0 heterocycles. The molecule has 0 radical (unpaired) electrons. The van der Waals surface area contributed by atoms with E-state index in [1.807, 2.05) is 0 Å². The van der Waals surface area contributed by atoms with Crippen molar-refractivity contribution in [1.82, 2.24) is 4.90 Å². The number of halogens is 3. The third-order valence-corrected chi connectivity index (χ3v) is 2.12. The first kappa shape index (κ1) is 15.4. The molecule has 0 aromatic heterocycles.